The number of nitrogens with zero attached hydrogens (tertiary/aromatic N) is 2. The third kappa shape index (κ3) is 2.73. The van der Waals surface area contributed by atoms with Gasteiger partial charge in [0, 0.05) is 24.5 Å². The normalized spacial score (nSPS) is 9.83. The fourth-order valence-electron chi connectivity index (χ4n) is 1.47. The summed E-state index contributed by atoms with van der Waals surface area (Å²) in [6.07, 6.45) is 1.23. The molecule has 0 atom stereocenters. The van der Waals surface area contributed by atoms with Crippen LogP contribution in [0.15, 0.2) is 42.6 Å². The molecule has 0 fully saturated rings. The van der Waals surface area contributed by atoms with Crippen molar-refractivity contribution in [3.63, 3.8) is 0 Å². The van der Waals surface area contributed by atoms with E-state index in [1.165, 1.54) is 12.3 Å². The van der Waals surface area contributed by atoms with Crippen molar-refractivity contribution in [1.82, 2.24) is 4.98 Å². The van der Waals surface area contributed by atoms with E-state index in [-0.39, 0.29) is 5.69 Å². The molecule has 0 aliphatic carbocycles. The van der Waals surface area contributed by atoms with Crippen LogP contribution in [-0.2, 0) is 0 Å². The van der Waals surface area contributed by atoms with Crippen LogP contribution in [0.5, 0.6) is 0 Å². The van der Waals surface area contributed by atoms with E-state index in [0.29, 0.717) is 5.82 Å². The standard InChI is InChI=1S/C12H12N4O2/c1-13-9-3-2-4-10(7-9)15-12-6-5-11(8-14-12)16(17)18/h2-8,13H,1H3,(H,14,15). The highest BCUT2D eigenvalue weighted by molar-refractivity contribution is 5.62. The lowest BCUT2D eigenvalue weighted by atomic mass is 10.2. The predicted molar refractivity (Wildman–Crippen MR) is 70.2 cm³/mol. The SMILES string of the molecule is CNc1cccc(Nc2ccc([N+](=O)[O-])cn2)c1. The van der Waals surface area contributed by atoms with Crippen LogP contribution in [-0.4, -0.2) is 17.0 Å². The van der Waals surface area contributed by atoms with Gasteiger partial charge in [-0.15, -0.1) is 0 Å². The smallest absolute Gasteiger partial charge is 0.287 e. The van der Waals surface area contributed by atoms with E-state index in [1.807, 2.05) is 31.3 Å². The lowest BCUT2D eigenvalue weighted by Gasteiger charge is -2.07. The maximum Gasteiger partial charge on any atom is 0.287 e. The largest absolute Gasteiger partial charge is 0.388 e. The molecule has 6 nitrogen and oxygen atoms in total. The Morgan fingerprint density at radius 2 is 2.00 bits per heavy atom. The molecule has 0 saturated carbocycles. The lowest BCUT2D eigenvalue weighted by Crippen LogP contribution is -1.96. The first-order chi connectivity index (χ1) is 8.69. The van der Waals surface area contributed by atoms with Gasteiger partial charge in [-0.3, -0.25) is 10.1 Å². The molecule has 0 aliphatic heterocycles. The highest BCUT2D eigenvalue weighted by Crippen LogP contribution is 2.19. The molecule has 1 aromatic carbocycles. The third-order valence-electron chi connectivity index (χ3n) is 2.38. The molecule has 0 unspecified atom stereocenters. The van der Waals surface area contributed by atoms with Crippen molar-refractivity contribution in [2.45, 2.75) is 0 Å². The lowest BCUT2D eigenvalue weighted by molar-refractivity contribution is -0.385. The Bertz CT molecular complexity index is 554. The van der Waals surface area contributed by atoms with Gasteiger partial charge >= 0.3 is 0 Å². The quantitative estimate of drug-likeness (QED) is 0.638. The van der Waals surface area contributed by atoms with Gasteiger partial charge in [0.1, 0.15) is 12.0 Å². The number of anilines is 3. The van der Waals surface area contributed by atoms with Gasteiger partial charge in [-0.05, 0) is 24.3 Å². The average molecular weight is 244 g/mol. The molecule has 0 spiro atoms. The molecule has 0 bridgehead atoms. The topological polar surface area (TPSA) is 80.1 Å². The summed E-state index contributed by atoms with van der Waals surface area (Å²) in [6.45, 7) is 0. The van der Waals surface area contributed by atoms with Crippen LogP contribution < -0.4 is 10.6 Å². The fourth-order valence-corrected chi connectivity index (χ4v) is 1.47. The van der Waals surface area contributed by atoms with E-state index < -0.39 is 4.92 Å². The van der Waals surface area contributed by atoms with E-state index in [0.717, 1.165) is 11.4 Å². The number of pyridine rings is 1. The Morgan fingerprint density at radius 3 is 2.61 bits per heavy atom. The molecule has 2 N–H and O–H groups in total. The van der Waals surface area contributed by atoms with Gasteiger partial charge in [-0.1, -0.05) is 6.07 Å². The summed E-state index contributed by atoms with van der Waals surface area (Å²) >= 11 is 0. The summed E-state index contributed by atoms with van der Waals surface area (Å²) in [4.78, 5) is 14.0. The Labute approximate surface area is 104 Å². The first-order valence-electron chi connectivity index (χ1n) is 5.34. The number of hydrogen-bond donors (Lipinski definition) is 2. The molecule has 1 heterocycles. The third-order valence-corrected chi connectivity index (χ3v) is 2.38. The van der Waals surface area contributed by atoms with Crippen LogP contribution in [0.3, 0.4) is 0 Å². The second kappa shape index (κ2) is 5.13. The molecule has 2 aromatic rings. The Kier molecular flexibility index (Phi) is 3.38. The first kappa shape index (κ1) is 11.8. The van der Waals surface area contributed by atoms with E-state index in [9.17, 15) is 10.1 Å². The van der Waals surface area contributed by atoms with Crippen LogP contribution in [0.1, 0.15) is 0 Å². The van der Waals surface area contributed by atoms with Crippen LogP contribution in [0.25, 0.3) is 0 Å². The second-order valence-corrected chi connectivity index (χ2v) is 3.61. The monoisotopic (exact) mass is 244 g/mol. The number of nitrogens with one attached hydrogen (secondary N) is 2. The van der Waals surface area contributed by atoms with Gasteiger partial charge < -0.3 is 10.6 Å². The first-order valence-corrected chi connectivity index (χ1v) is 5.34. The van der Waals surface area contributed by atoms with E-state index >= 15 is 0 Å². The van der Waals surface area contributed by atoms with Crippen molar-refractivity contribution in [1.29, 1.82) is 0 Å². The van der Waals surface area contributed by atoms with Gasteiger partial charge in [0.05, 0.1) is 4.92 Å². The van der Waals surface area contributed by atoms with E-state index in [1.54, 1.807) is 6.07 Å². The molecular weight excluding hydrogens is 232 g/mol. The average Bonchev–Trinajstić information content (AvgIpc) is 2.39. The highest BCUT2D eigenvalue weighted by Gasteiger charge is 2.05. The van der Waals surface area contributed by atoms with Crippen LogP contribution in [0.2, 0.25) is 0 Å². The number of rotatable bonds is 4. The van der Waals surface area contributed by atoms with Gasteiger partial charge in [0.15, 0.2) is 0 Å². The molecule has 92 valence electrons. The maximum absolute atomic E-state index is 10.5. The van der Waals surface area contributed by atoms with Crippen molar-refractivity contribution >= 4 is 22.9 Å². The molecule has 18 heavy (non-hydrogen) atoms. The second-order valence-electron chi connectivity index (χ2n) is 3.61. The summed E-state index contributed by atoms with van der Waals surface area (Å²) < 4.78 is 0. The zero-order valence-electron chi connectivity index (χ0n) is 9.75. The Morgan fingerprint density at radius 1 is 1.22 bits per heavy atom. The Hall–Kier alpha value is -2.63. The molecule has 0 radical (unpaired) electrons. The summed E-state index contributed by atoms with van der Waals surface area (Å²) in [5, 5.41) is 16.6. The van der Waals surface area contributed by atoms with Crippen LogP contribution in [0, 0.1) is 10.1 Å². The number of hydrogen-bond acceptors (Lipinski definition) is 5. The molecule has 6 heteroatoms. The Balaban J connectivity index is 2.15. The van der Waals surface area contributed by atoms with Gasteiger partial charge in [-0.25, -0.2) is 4.98 Å². The molecule has 1 aromatic heterocycles. The highest BCUT2D eigenvalue weighted by atomic mass is 16.6. The predicted octanol–water partition coefficient (Wildman–Crippen LogP) is 2.78. The summed E-state index contributed by atoms with van der Waals surface area (Å²) in [5.41, 5.74) is 1.81. The molecule has 0 saturated heterocycles. The number of nitro groups is 1. The number of aromatic nitrogens is 1. The molecular formula is C12H12N4O2. The summed E-state index contributed by atoms with van der Waals surface area (Å²) in [7, 11) is 1.84. The van der Waals surface area contributed by atoms with Gasteiger partial charge in [0.25, 0.3) is 5.69 Å². The van der Waals surface area contributed by atoms with E-state index in [4.69, 9.17) is 0 Å². The maximum atomic E-state index is 10.5. The van der Waals surface area contributed by atoms with E-state index in [2.05, 4.69) is 15.6 Å². The van der Waals surface area contributed by atoms with Crippen LogP contribution >= 0.6 is 0 Å². The zero-order valence-corrected chi connectivity index (χ0v) is 9.75. The van der Waals surface area contributed by atoms with Crippen molar-refractivity contribution in [2.24, 2.45) is 0 Å². The number of benzene rings is 1. The van der Waals surface area contributed by atoms with Crippen molar-refractivity contribution in [2.75, 3.05) is 17.7 Å². The minimum Gasteiger partial charge on any atom is -0.388 e. The van der Waals surface area contributed by atoms with Gasteiger partial charge in [-0.2, -0.15) is 0 Å². The minimum absolute atomic E-state index is 0.0236. The minimum atomic E-state index is -0.474. The van der Waals surface area contributed by atoms with Crippen molar-refractivity contribution in [3.8, 4) is 0 Å². The molecule has 0 aliphatic rings. The molecule has 2 rings (SSSR count). The molecule has 0 amide bonds. The van der Waals surface area contributed by atoms with Gasteiger partial charge in [0.2, 0.25) is 0 Å². The summed E-state index contributed by atoms with van der Waals surface area (Å²) in [5.74, 6) is 0.564. The van der Waals surface area contributed by atoms with Crippen LogP contribution in [0.4, 0.5) is 22.9 Å². The fraction of sp³-hybridized carbons (Fsp3) is 0.0833. The van der Waals surface area contributed by atoms with Crippen molar-refractivity contribution < 1.29 is 4.92 Å². The van der Waals surface area contributed by atoms with Crippen molar-refractivity contribution in [3.05, 3.63) is 52.7 Å². The zero-order chi connectivity index (χ0) is 13.0. The summed E-state index contributed by atoms with van der Waals surface area (Å²) in [6, 6.07) is 10.6.